The largest absolute Gasteiger partial charge is 0.382 e. The first-order valence-electron chi connectivity index (χ1n) is 5.44. The van der Waals surface area contributed by atoms with E-state index in [-0.39, 0.29) is 23.6 Å². The summed E-state index contributed by atoms with van der Waals surface area (Å²) in [6.45, 7) is 1.24. The van der Waals surface area contributed by atoms with Crippen molar-refractivity contribution in [1.29, 1.82) is 0 Å². The zero-order valence-electron chi connectivity index (χ0n) is 10.3. The number of methoxy groups -OCH3 is 2. The highest BCUT2D eigenvalue weighted by Gasteiger charge is 2.36. The number of carbonyl (C=O) groups is 1. The molecule has 1 aromatic heterocycles. The van der Waals surface area contributed by atoms with Crippen LogP contribution in [0.5, 0.6) is 0 Å². The second kappa shape index (κ2) is 5.09. The Morgan fingerprint density at radius 1 is 1.39 bits per heavy atom. The fourth-order valence-electron chi connectivity index (χ4n) is 2.10. The fraction of sp³-hybridized carbons (Fsp3) is 0.600. The summed E-state index contributed by atoms with van der Waals surface area (Å²) < 4.78 is 14.7. The zero-order valence-corrected chi connectivity index (χ0v) is 11.1. The van der Waals surface area contributed by atoms with Crippen molar-refractivity contribution in [1.82, 2.24) is 4.37 Å². The number of aromatic nitrogens is 1. The molecule has 2 heterocycles. The Labute approximate surface area is 109 Å². The van der Waals surface area contributed by atoms with Gasteiger partial charge in [0.2, 0.25) is 0 Å². The topological polar surface area (TPSA) is 104 Å². The Bertz CT molecular complexity index is 438. The van der Waals surface area contributed by atoms with Gasteiger partial charge in [-0.3, -0.25) is 4.79 Å². The molecule has 7 nitrogen and oxygen atoms in total. The number of nitrogen functional groups attached to an aromatic ring is 1. The average molecular weight is 272 g/mol. The molecule has 1 aliphatic rings. The van der Waals surface area contributed by atoms with E-state index in [1.54, 1.807) is 14.2 Å². The number of ether oxygens (including phenoxy) is 2. The van der Waals surface area contributed by atoms with Crippen LogP contribution in [0.2, 0.25) is 0 Å². The number of amides is 1. The fourth-order valence-corrected chi connectivity index (χ4v) is 2.94. The van der Waals surface area contributed by atoms with E-state index in [0.29, 0.717) is 18.1 Å². The first-order valence-corrected chi connectivity index (χ1v) is 6.21. The van der Waals surface area contributed by atoms with Gasteiger partial charge in [0.1, 0.15) is 22.8 Å². The van der Waals surface area contributed by atoms with Gasteiger partial charge in [-0.15, -0.1) is 0 Å². The van der Waals surface area contributed by atoms with Gasteiger partial charge in [0, 0.05) is 27.3 Å². The molecule has 0 spiro atoms. The van der Waals surface area contributed by atoms with Gasteiger partial charge in [-0.05, 0) is 11.5 Å². The summed E-state index contributed by atoms with van der Waals surface area (Å²) in [6, 6.07) is 0. The third-order valence-electron chi connectivity index (χ3n) is 3.05. The molecule has 1 fully saturated rings. The minimum absolute atomic E-state index is 0.0425. The number of nitrogens with two attached hydrogens (primary N) is 2. The van der Waals surface area contributed by atoms with Crippen molar-refractivity contribution in [2.24, 2.45) is 5.73 Å². The maximum Gasteiger partial charge on any atom is 0.255 e. The summed E-state index contributed by atoms with van der Waals surface area (Å²) in [5.41, 5.74) is 11.3. The van der Waals surface area contributed by atoms with Crippen molar-refractivity contribution >= 4 is 28.3 Å². The van der Waals surface area contributed by atoms with Gasteiger partial charge < -0.3 is 25.8 Å². The molecular weight excluding hydrogens is 256 g/mol. The number of anilines is 2. The normalized spacial score (nSPS) is 23.6. The van der Waals surface area contributed by atoms with Gasteiger partial charge in [0.25, 0.3) is 5.91 Å². The molecule has 2 rings (SSSR count). The van der Waals surface area contributed by atoms with Crippen LogP contribution in [-0.4, -0.2) is 49.8 Å². The lowest BCUT2D eigenvalue weighted by molar-refractivity contribution is -0.00461. The van der Waals surface area contributed by atoms with Crippen molar-refractivity contribution < 1.29 is 14.3 Å². The predicted octanol–water partition coefficient (Wildman–Crippen LogP) is -0.326. The lowest BCUT2D eigenvalue weighted by Gasteiger charge is -2.16. The van der Waals surface area contributed by atoms with E-state index < -0.39 is 5.91 Å². The average Bonchev–Trinajstić information content (AvgIpc) is 2.91. The second-order valence-electron chi connectivity index (χ2n) is 4.07. The molecule has 1 aliphatic heterocycles. The minimum Gasteiger partial charge on any atom is -0.382 e. The first-order chi connectivity index (χ1) is 8.58. The van der Waals surface area contributed by atoms with Crippen LogP contribution < -0.4 is 16.4 Å². The maximum absolute atomic E-state index is 11.4. The molecule has 0 saturated carbocycles. The van der Waals surface area contributed by atoms with Crippen LogP contribution in [0, 0.1) is 0 Å². The van der Waals surface area contributed by atoms with Crippen LogP contribution in [0.1, 0.15) is 10.4 Å². The van der Waals surface area contributed by atoms with E-state index in [1.807, 2.05) is 4.90 Å². The summed E-state index contributed by atoms with van der Waals surface area (Å²) in [4.78, 5) is 13.4. The second-order valence-corrected chi connectivity index (χ2v) is 4.82. The molecule has 1 amide bonds. The van der Waals surface area contributed by atoms with E-state index in [2.05, 4.69) is 4.37 Å². The van der Waals surface area contributed by atoms with E-state index >= 15 is 0 Å². The number of carbonyl (C=O) groups excluding carboxylic acids is 1. The third-order valence-corrected chi connectivity index (χ3v) is 3.98. The van der Waals surface area contributed by atoms with Crippen LogP contribution in [0.15, 0.2) is 0 Å². The van der Waals surface area contributed by atoms with Crippen molar-refractivity contribution in [2.75, 3.05) is 37.9 Å². The summed E-state index contributed by atoms with van der Waals surface area (Å²) in [7, 11) is 3.27. The van der Waals surface area contributed by atoms with E-state index in [4.69, 9.17) is 20.9 Å². The smallest absolute Gasteiger partial charge is 0.255 e. The van der Waals surface area contributed by atoms with E-state index in [9.17, 15) is 4.79 Å². The Kier molecular flexibility index (Phi) is 3.69. The number of rotatable bonds is 4. The number of hydrogen-bond acceptors (Lipinski definition) is 7. The third kappa shape index (κ3) is 2.14. The van der Waals surface area contributed by atoms with Crippen LogP contribution in [0.3, 0.4) is 0 Å². The Morgan fingerprint density at radius 2 is 1.94 bits per heavy atom. The molecule has 1 saturated heterocycles. The molecule has 4 N–H and O–H groups in total. The lowest BCUT2D eigenvalue weighted by atomic mass is 10.3. The molecule has 0 aliphatic carbocycles. The molecule has 18 heavy (non-hydrogen) atoms. The summed E-state index contributed by atoms with van der Waals surface area (Å²) >= 11 is 1.17. The van der Waals surface area contributed by atoms with Crippen molar-refractivity contribution in [3.05, 3.63) is 5.56 Å². The van der Waals surface area contributed by atoms with Gasteiger partial charge in [-0.2, -0.15) is 4.37 Å². The van der Waals surface area contributed by atoms with Crippen molar-refractivity contribution in [3.63, 3.8) is 0 Å². The number of primary amides is 1. The molecule has 100 valence electrons. The van der Waals surface area contributed by atoms with Gasteiger partial charge in [0.15, 0.2) is 5.82 Å². The predicted molar refractivity (Wildman–Crippen MR) is 68.9 cm³/mol. The first kappa shape index (κ1) is 13.1. The molecule has 1 aromatic rings. The summed E-state index contributed by atoms with van der Waals surface area (Å²) in [6.07, 6.45) is -0.0851. The van der Waals surface area contributed by atoms with E-state index in [0.717, 1.165) is 0 Å². The summed E-state index contributed by atoms with van der Waals surface area (Å²) in [5, 5.41) is 0.682. The zero-order chi connectivity index (χ0) is 13.3. The summed E-state index contributed by atoms with van der Waals surface area (Å²) in [5.74, 6) is -0.386. The molecule has 0 bridgehead atoms. The standard InChI is InChI=1S/C10H16N4O3S/c1-16-5-3-14(4-6(5)17-2)10-7(9(12)15)8(11)13-18-10/h5-6H,3-4H2,1-2H3,(H2,11,13)(H2,12,15). The SMILES string of the molecule is COC1CN(c2snc(N)c2C(N)=O)CC1OC. The molecular formula is C10H16N4O3S. The number of nitrogens with zero attached hydrogens (tertiary/aromatic N) is 2. The molecule has 0 aromatic carbocycles. The highest BCUT2D eigenvalue weighted by molar-refractivity contribution is 7.11. The molecule has 2 atom stereocenters. The van der Waals surface area contributed by atoms with Gasteiger partial charge in [-0.25, -0.2) is 0 Å². The van der Waals surface area contributed by atoms with Crippen LogP contribution in [0.25, 0.3) is 0 Å². The van der Waals surface area contributed by atoms with Gasteiger partial charge in [0.05, 0.1) is 0 Å². The highest BCUT2D eigenvalue weighted by Crippen LogP contribution is 2.33. The van der Waals surface area contributed by atoms with Crippen LogP contribution in [0.4, 0.5) is 10.8 Å². The van der Waals surface area contributed by atoms with Crippen molar-refractivity contribution in [3.8, 4) is 0 Å². The van der Waals surface area contributed by atoms with E-state index in [1.165, 1.54) is 11.5 Å². The molecule has 8 heteroatoms. The Hall–Kier alpha value is -1.38. The number of hydrogen-bond donors (Lipinski definition) is 2. The monoisotopic (exact) mass is 272 g/mol. The van der Waals surface area contributed by atoms with Crippen molar-refractivity contribution in [2.45, 2.75) is 12.2 Å². The van der Waals surface area contributed by atoms with Crippen LogP contribution >= 0.6 is 11.5 Å². The quantitative estimate of drug-likeness (QED) is 0.778. The maximum atomic E-state index is 11.4. The Morgan fingerprint density at radius 3 is 2.39 bits per heavy atom. The van der Waals surface area contributed by atoms with Gasteiger partial charge >= 0.3 is 0 Å². The van der Waals surface area contributed by atoms with Crippen LogP contribution in [-0.2, 0) is 9.47 Å². The molecule has 2 unspecified atom stereocenters. The molecule has 0 radical (unpaired) electrons. The van der Waals surface area contributed by atoms with Gasteiger partial charge in [-0.1, -0.05) is 0 Å². The lowest BCUT2D eigenvalue weighted by Crippen LogP contribution is -2.27. The minimum atomic E-state index is -0.564. The highest BCUT2D eigenvalue weighted by atomic mass is 32.1. The Balaban J connectivity index is 2.26.